The molecule has 0 unspecified atom stereocenters. The van der Waals surface area contributed by atoms with E-state index in [-0.39, 0.29) is 15.8 Å². The van der Waals surface area contributed by atoms with Gasteiger partial charge in [0.2, 0.25) is 10.0 Å². The van der Waals surface area contributed by atoms with Gasteiger partial charge < -0.3 is 15.2 Å². The number of nitrogens with one attached hydrogen (secondary N) is 1. The van der Waals surface area contributed by atoms with Crippen LogP contribution < -0.4 is 10.5 Å². The number of nitrogens with two attached hydrogens (primary N) is 1. The Morgan fingerprint density at radius 2 is 2.14 bits per heavy atom. The first-order chi connectivity index (χ1) is 9.88. The van der Waals surface area contributed by atoms with Crippen molar-refractivity contribution in [2.45, 2.75) is 10.6 Å². The molecule has 0 fully saturated rings. The van der Waals surface area contributed by atoms with Crippen LogP contribution in [0.15, 0.2) is 10.3 Å². The van der Waals surface area contributed by atoms with Crippen LogP contribution in [-0.4, -0.2) is 46.8 Å². The minimum Gasteiger partial charge on any atom is -0.385 e. The summed E-state index contributed by atoms with van der Waals surface area (Å²) in [6.45, 7) is 1.47. The zero-order valence-corrected chi connectivity index (χ0v) is 13.0. The number of nitrogens with zero attached hydrogens (tertiary/aromatic N) is 1. The molecule has 1 rings (SSSR count). The molecule has 0 bridgehead atoms. The smallest absolute Gasteiger partial charge is 0.304 e. The number of methoxy groups -OCH3 is 1. The summed E-state index contributed by atoms with van der Waals surface area (Å²) in [7, 11) is -2.23. The molecule has 0 spiro atoms. The number of nitro groups is 1. The lowest BCUT2D eigenvalue weighted by Crippen LogP contribution is -2.25. The van der Waals surface area contributed by atoms with Crippen LogP contribution in [0.3, 0.4) is 0 Å². The van der Waals surface area contributed by atoms with Crippen molar-refractivity contribution in [2.75, 3.05) is 39.2 Å². The number of anilines is 1. The van der Waals surface area contributed by atoms with Gasteiger partial charge in [-0.05, 0) is 6.42 Å². The van der Waals surface area contributed by atoms with Crippen LogP contribution >= 0.6 is 11.3 Å². The van der Waals surface area contributed by atoms with Gasteiger partial charge in [0, 0.05) is 26.3 Å². The van der Waals surface area contributed by atoms with Crippen LogP contribution in [0.5, 0.6) is 0 Å². The summed E-state index contributed by atoms with van der Waals surface area (Å²) in [5.74, 6) is 0. The topological polar surface area (TPSA) is 134 Å². The molecular formula is C10H17N3O6S2. The summed E-state index contributed by atoms with van der Waals surface area (Å²) in [5, 5.41) is 10.5. The highest BCUT2D eigenvalue weighted by Gasteiger charge is 2.24. The third-order valence-electron chi connectivity index (χ3n) is 2.37. The highest BCUT2D eigenvalue weighted by atomic mass is 32.2. The molecule has 3 N–H and O–H groups in total. The summed E-state index contributed by atoms with van der Waals surface area (Å²) in [5.41, 5.74) is 5.01. The first-order valence-electron chi connectivity index (χ1n) is 5.98. The van der Waals surface area contributed by atoms with Gasteiger partial charge in [0.05, 0.1) is 18.1 Å². The molecule has 9 nitrogen and oxygen atoms in total. The number of ether oxygens (including phenoxy) is 2. The second-order valence-electron chi connectivity index (χ2n) is 3.93. The summed E-state index contributed by atoms with van der Waals surface area (Å²) in [6, 6.07) is 0.956. The molecule has 1 aromatic rings. The fourth-order valence-corrected chi connectivity index (χ4v) is 3.68. The van der Waals surface area contributed by atoms with E-state index in [0.717, 1.165) is 6.07 Å². The Labute approximate surface area is 126 Å². The number of hydrogen-bond donors (Lipinski definition) is 2. The number of sulfonamides is 1. The lowest BCUT2D eigenvalue weighted by molar-refractivity contribution is -0.383. The molecule has 11 heteroatoms. The van der Waals surface area contributed by atoms with E-state index in [1.807, 2.05) is 0 Å². The quantitative estimate of drug-likeness (QED) is 0.361. The van der Waals surface area contributed by atoms with E-state index >= 15 is 0 Å². The summed E-state index contributed by atoms with van der Waals surface area (Å²) in [6.07, 6.45) is 0.478. The molecule has 0 aromatic carbocycles. The first-order valence-corrected chi connectivity index (χ1v) is 8.28. The van der Waals surface area contributed by atoms with E-state index in [9.17, 15) is 18.5 Å². The Balaban J connectivity index is 2.47. The van der Waals surface area contributed by atoms with Crippen molar-refractivity contribution < 1.29 is 22.8 Å². The van der Waals surface area contributed by atoms with Gasteiger partial charge in [-0.3, -0.25) is 10.1 Å². The van der Waals surface area contributed by atoms with Crippen molar-refractivity contribution in [3.8, 4) is 0 Å². The van der Waals surface area contributed by atoms with Gasteiger partial charge in [0.25, 0.3) is 0 Å². The SMILES string of the molecule is COCCOCCCNS(=O)(=O)c1cc([N+](=O)[O-])c(N)s1. The molecule has 120 valence electrons. The van der Waals surface area contributed by atoms with Gasteiger partial charge in [0.15, 0.2) is 5.00 Å². The third-order valence-corrected chi connectivity index (χ3v) is 5.26. The molecule has 21 heavy (non-hydrogen) atoms. The van der Waals surface area contributed by atoms with Crippen molar-refractivity contribution in [1.29, 1.82) is 0 Å². The summed E-state index contributed by atoms with van der Waals surface area (Å²) >= 11 is 0.662. The highest BCUT2D eigenvalue weighted by molar-refractivity contribution is 7.91. The molecule has 0 amide bonds. The molecule has 1 aromatic heterocycles. The fraction of sp³-hybridized carbons (Fsp3) is 0.600. The molecular weight excluding hydrogens is 322 g/mol. The predicted octanol–water partition coefficient (Wildman–Crippen LogP) is 0.570. The van der Waals surface area contributed by atoms with E-state index in [0.29, 0.717) is 37.6 Å². The molecule has 0 aliphatic heterocycles. The number of nitrogen functional groups attached to an aromatic ring is 1. The second-order valence-corrected chi connectivity index (χ2v) is 7.01. The van der Waals surface area contributed by atoms with Crippen LogP contribution in [0.25, 0.3) is 0 Å². The molecule has 0 aliphatic carbocycles. The van der Waals surface area contributed by atoms with E-state index in [1.54, 1.807) is 7.11 Å². The average molecular weight is 339 g/mol. The van der Waals surface area contributed by atoms with Gasteiger partial charge in [0.1, 0.15) is 4.21 Å². The number of hydrogen-bond acceptors (Lipinski definition) is 8. The van der Waals surface area contributed by atoms with Crippen molar-refractivity contribution in [2.24, 2.45) is 0 Å². The number of thiophene rings is 1. The zero-order valence-electron chi connectivity index (χ0n) is 11.4. The fourth-order valence-electron chi connectivity index (χ4n) is 1.34. The Hall–Kier alpha value is -1.27. The number of rotatable bonds is 10. The third kappa shape index (κ3) is 5.55. The highest BCUT2D eigenvalue weighted by Crippen LogP contribution is 2.34. The largest absolute Gasteiger partial charge is 0.385 e. The summed E-state index contributed by atoms with van der Waals surface area (Å²) in [4.78, 5) is 9.92. The van der Waals surface area contributed by atoms with Crippen LogP contribution in [0, 0.1) is 10.1 Å². The van der Waals surface area contributed by atoms with Crippen molar-refractivity contribution in [3.63, 3.8) is 0 Å². The normalized spacial score (nSPS) is 11.7. The molecule has 0 saturated heterocycles. The van der Waals surface area contributed by atoms with E-state index in [1.165, 1.54) is 0 Å². The minimum absolute atomic E-state index is 0.136. The molecule has 0 radical (unpaired) electrons. The molecule has 1 heterocycles. The molecule has 0 aliphatic rings. The van der Waals surface area contributed by atoms with E-state index in [4.69, 9.17) is 15.2 Å². The maximum atomic E-state index is 11.9. The lowest BCUT2D eigenvalue weighted by Gasteiger charge is -2.05. The standard InChI is InChI=1S/C10H17N3O6S2/c1-18-5-6-19-4-2-3-12-21(16,17)9-7-8(13(14)15)10(11)20-9/h7,12H,2-6,11H2,1H3. The van der Waals surface area contributed by atoms with Gasteiger partial charge in [-0.2, -0.15) is 0 Å². The van der Waals surface area contributed by atoms with Crippen molar-refractivity contribution >= 4 is 32.0 Å². The van der Waals surface area contributed by atoms with Crippen LogP contribution in [-0.2, 0) is 19.5 Å². The molecule has 0 saturated carbocycles. The Morgan fingerprint density at radius 3 is 2.71 bits per heavy atom. The maximum absolute atomic E-state index is 11.9. The minimum atomic E-state index is -3.79. The second kappa shape index (κ2) is 8.24. The van der Waals surface area contributed by atoms with Gasteiger partial charge in [-0.25, -0.2) is 13.1 Å². The maximum Gasteiger partial charge on any atom is 0.304 e. The average Bonchev–Trinajstić information content (AvgIpc) is 2.81. The van der Waals surface area contributed by atoms with E-state index < -0.39 is 20.6 Å². The van der Waals surface area contributed by atoms with Gasteiger partial charge in [-0.15, -0.1) is 0 Å². The zero-order chi connectivity index (χ0) is 15.9. The Bertz CT molecular complexity index is 571. The Morgan fingerprint density at radius 1 is 1.43 bits per heavy atom. The molecule has 0 atom stereocenters. The van der Waals surface area contributed by atoms with Gasteiger partial charge >= 0.3 is 5.69 Å². The van der Waals surface area contributed by atoms with Crippen molar-refractivity contribution in [3.05, 3.63) is 16.2 Å². The van der Waals surface area contributed by atoms with Crippen LogP contribution in [0.4, 0.5) is 10.7 Å². The van der Waals surface area contributed by atoms with Gasteiger partial charge in [-0.1, -0.05) is 11.3 Å². The lowest BCUT2D eigenvalue weighted by atomic mass is 10.5. The van der Waals surface area contributed by atoms with Crippen molar-refractivity contribution in [1.82, 2.24) is 4.72 Å². The predicted molar refractivity (Wildman–Crippen MR) is 77.9 cm³/mol. The summed E-state index contributed by atoms with van der Waals surface area (Å²) < 4.78 is 36.0. The van der Waals surface area contributed by atoms with Crippen LogP contribution in [0.1, 0.15) is 6.42 Å². The first kappa shape index (κ1) is 17.8. The van der Waals surface area contributed by atoms with Crippen LogP contribution in [0.2, 0.25) is 0 Å². The Kier molecular flexibility index (Phi) is 6.98. The monoisotopic (exact) mass is 339 g/mol. The van der Waals surface area contributed by atoms with E-state index in [2.05, 4.69) is 4.72 Å².